The third-order valence-corrected chi connectivity index (χ3v) is 4.61. The van der Waals surface area contributed by atoms with Crippen LogP contribution in [0.5, 0.6) is 0 Å². The molecule has 0 radical (unpaired) electrons. The highest BCUT2D eigenvalue weighted by atomic mass is 31.2. The zero-order valence-corrected chi connectivity index (χ0v) is 14.0. The van der Waals surface area contributed by atoms with Crippen LogP contribution in [0.1, 0.15) is 37.1 Å². The highest BCUT2D eigenvalue weighted by Crippen LogP contribution is 2.43. The van der Waals surface area contributed by atoms with E-state index in [0.29, 0.717) is 12.5 Å². The number of allylic oxidation sites excluding steroid dienone is 1. The van der Waals surface area contributed by atoms with E-state index >= 15 is 0 Å². The zero-order valence-electron chi connectivity index (χ0n) is 13.1. The number of hydrogen-bond donors (Lipinski definition) is 3. The summed E-state index contributed by atoms with van der Waals surface area (Å²) in [6, 6.07) is 0. The lowest BCUT2D eigenvalue weighted by molar-refractivity contribution is 0.0748. The number of aromatic nitrogens is 2. The number of nitrogens with one attached hydrogen (secondary N) is 1. The summed E-state index contributed by atoms with van der Waals surface area (Å²) in [5, 5.41) is 3.20. The Morgan fingerprint density at radius 1 is 1.57 bits per heavy atom. The van der Waals surface area contributed by atoms with Crippen LogP contribution in [0.4, 0.5) is 0 Å². The van der Waals surface area contributed by atoms with Gasteiger partial charge in [0, 0.05) is 25.7 Å². The predicted octanol–water partition coefficient (Wildman–Crippen LogP) is 1.16. The van der Waals surface area contributed by atoms with Crippen LogP contribution in [0.3, 0.4) is 0 Å². The number of amidine groups is 1. The second-order valence-corrected chi connectivity index (χ2v) is 7.61. The Balaban J connectivity index is 1.79. The van der Waals surface area contributed by atoms with E-state index in [1.54, 1.807) is 20.3 Å². The molecule has 1 aliphatic carbocycles. The molecule has 0 aromatic carbocycles. The van der Waals surface area contributed by atoms with E-state index in [0.717, 1.165) is 30.1 Å². The summed E-state index contributed by atoms with van der Waals surface area (Å²) in [5.74, 6) is 1.15. The van der Waals surface area contributed by atoms with Gasteiger partial charge in [0.15, 0.2) is 5.84 Å². The molecule has 126 valence electrons. The molecule has 0 saturated heterocycles. The normalized spacial score (nSPS) is 23.2. The van der Waals surface area contributed by atoms with E-state index < -0.39 is 13.9 Å². The van der Waals surface area contributed by atoms with Crippen molar-refractivity contribution in [2.24, 2.45) is 4.99 Å². The molecule has 4 rings (SSSR count). The second kappa shape index (κ2) is 6.20. The number of aliphatic imine (C=N–C) groups is 1. The molecule has 0 amide bonds. The third kappa shape index (κ3) is 3.55. The van der Waals surface area contributed by atoms with Gasteiger partial charge >= 0.3 is 7.60 Å². The van der Waals surface area contributed by atoms with Crippen LogP contribution in [-0.4, -0.2) is 44.7 Å². The molecule has 8 nitrogen and oxygen atoms in total. The minimum absolute atomic E-state index is 0.323. The van der Waals surface area contributed by atoms with Crippen molar-refractivity contribution in [2.75, 3.05) is 13.4 Å². The molecule has 1 aromatic rings. The predicted molar refractivity (Wildman–Crippen MR) is 85.3 cm³/mol. The molecule has 3 aliphatic rings. The summed E-state index contributed by atoms with van der Waals surface area (Å²) >= 11 is 0. The Morgan fingerprint density at radius 3 is 2.96 bits per heavy atom. The number of fused-ring (bicyclic) bond motifs is 2. The summed E-state index contributed by atoms with van der Waals surface area (Å²) in [7, 11) is -2.42. The molecular formula is C14H21N4O4P. The zero-order chi connectivity index (χ0) is 16.6. The van der Waals surface area contributed by atoms with E-state index in [4.69, 9.17) is 14.5 Å². The Labute approximate surface area is 134 Å². The first-order chi connectivity index (χ1) is 10.9. The molecule has 3 heterocycles. The van der Waals surface area contributed by atoms with Crippen molar-refractivity contribution in [3.05, 3.63) is 29.5 Å². The van der Waals surface area contributed by atoms with Crippen molar-refractivity contribution < 1.29 is 19.1 Å². The lowest BCUT2D eigenvalue weighted by Crippen LogP contribution is -2.30. The summed E-state index contributed by atoms with van der Waals surface area (Å²) < 4.78 is 18.2. The molecule has 1 atom stereocenters. The molecule has 1 saturated carbocycles. The topological polar surface area (TPSA) is 109 Å². The first kappa shape index (κ1) is 16.4. The van der Waals surface area contributed by atoms with Crippen LogP contribution in [0.15, 0.2) is 23.1 Å². The molecule has 2 bridgehead atoms. The van der Waals surface area contributed by atoms with Gasteiger partial charge in [-0.3, -0.25) is 9.56 Å². The van der Waals surface area contributed by atoms with Gasteiger partial charge in [-0.05, 0) is 19.8 Å². The molecule has 0 spiro atoms. The average molecular weight is 340 g/mol. The average Bonchev–Trinajstić information content (AvgIpc) is 2.77. The first-order valence-corrected chi connectivity index (χ1v) is 9.30. The van der Waals surface area contributed by atoms with Crippen LogP contribution in [0, 0.1) is 0 Å². The van der Waals surface area contributed by atoms with Crippen molar-refractivity contribution in [3.63, 3.8) is 0 Å². The largest absolute Gasteiger partial charge is 0.364 e. The molecule has 2 aliphatic heterocycles. The van der Waals surface area contributed by atoms with E-state index in [1.807, 2.05) is 10.8 Å². The van der Waals surface area contributed by atoms with Crippen LogP contribution >= 0.6 is 7.60 Å². The van der Waals surface area contributed by atoms with E-state index in [2.05, 4.69) is 15.3 Å². The maximum absolute atomic E-state index is 10.9. The van der Waals surface area contributed by atoms with Crippen LogP contribution in [0.2, 0.25) is 0 Å². The molecule has 3 N–H and O–H groups in total. The first-order valence-electron chi connectivity index (χ1n) is 7.50. The number of imidazole rings is 1. The molecule has 23 heavy (non-hydrogen) atoms. The molecule has 1 aromatic heterocycles. The van der Waals surface area contributed by atoms with E-state index in [-0.39, 0.29) is 6.10 Å². The van der Waals surface area contributed by atoms with Gasteiger partial charge < -0.3 is 24.4 Å². The molecular weight excluding hydrogens is 319 g/mol. The smallest absolute Gasteiger partial charge is 0.350 e. The molecule has 9 heteroatoms. The van der Waals surface area contributed by atoms with Gasteiger partial charge in [-0.25, -0.2) is 4.98 Å². The fourth-order valence-corrected chi connectivity index (χ4v) is 3.44. The minimum atomic E-state index is -4.15. The second-order valence-electron chi connectivity index (χ2n) is 6.03. The summed E-state index contributed by atoms with van der Waals surface area (Å²) in [5.41, 5.74) is 3.32. The van der Waals surface area contributed by atoms with Gasteiger partial charge in [0.05, 0.1) is 18.1 Å². The van der Waals surface area contributed by atoms with Crippen LogP contribution in [0.25, 0.3) is 0 Å². The molecule has 1 fully saturated rings. The van der Waals surface area contributed by atoms with Crippen LogP contribution in [-0.2, 0) is 15.8 Å². The van der Waals surface area contributed by atoms with Gasteiger partial charge in [-0.15, -0.1) is 0 Å². The van der Waals surface area contributed by atoms with Crippen molar-refractivity contribution in [2.45, 2.75) is 38.3 Å². The Bertz CT molecular complexity index is 698. The lowest BCUT2D eigenvalue weighted by Gasteiger charge is -2.33. The Hall–Kier alpha value is -1.47. The summed E-state index contributed by atoms with van der Waals surface area (Å²) in [6.07, 6.45) is 4.87. The number of nitrogens with zero attached hydrogens (tertiary/aromatic N) is 3. The van der Waals surface area contributed by atoms with Gasteiger partial charge in [-0.2, -0.15) is 0 Å². The van der Waals surface area contributed by atoms with E-state index in [9.17, 15) is 4.57 Å². The minimum Gasteiger partial charge on any atom is -0.364 e. The van der Waals surface area contributed by atoms with Crippen molar-refractivity contribution in [3.8, 4) is 0 Å². The Kier molecular flexibility index (Phi) is 4.42. The van der Waals surface area contributed by atoms with Gasteiger partial charge in [0.1, 0.15) is 12.0 Å². The van der Waals surface area contributed by atoms with Crippen LogP contribution < -0.4 is 5.32 Å². The van der Waals surface area contributed by atoms with Gasteiger partial charge in [-0.1, -0.05) is 5.57 Å². The fraction of sp³-hybridized carbons (Fsp3) is 0.571. The number of hydrogen-bond acceptors (Lipinski definition) is 4. The van der Waals surface area contributed by atoms with Crippen molar-refractivity contribution >= 4 is 13.4 Å². The standard InChI is InChI=1S/C14H21N4O4P/c1-9(22-8-23(19,20)21)6-18-7-17-12-13(18)11-3-10(4-11)5-16-14(12)15-2/h5,7,9,11H,3-4,6,8H2,1-2H3,(H,15,16)(H2,19,20,21). The van der Waals surface area contributed by atoms with Crippen molar-refractivity contribution in [1.29, 1.82) is 0 Å². The Morgan fingerprint density at radius 2 is 2.30 bits per heavy atom. The number of ether oxygens (including phenoxy) is 1. The lowest BCUT2D eigenvalue weighted by atomic mass is 9.77. The quantitative estimate of drug-likeness (QED) is 0.694. The van der Waals surface area contributed by atoms with Gasteiger partial charge in [0.25, 0.3) is 0 Å². The molecule has 1 unspecified atom stereocenters. The highest BCUT2D eigenvalue weighted by molar-refractivity contribution is 7.51. The van der Waals surface area contributed by atoms with Crippen molar-refractivity contribution in [1.82, 2.24) is 14.9 Å². The van der Waals surface area contributed by atoms with Gasteiger partial charge in [0.2, 0.25) is 0 Å². The summed E-state index contributed by atoms with van der Waals surface area (Å²) in [4.78, 5) is 26.5. The SMILES string of the molecule is CN=C1NC=C2CC(C2)c2c1ncn2CC(C)OCP(=O)(O)O. The highest BCUT2D eigenvalue weighted by Gasteiger charge is 2.33. The third-order valence-electron chi connectivity index (χ3n) is 4.12. The fourth-order valence-electron chi connectivity index (χ4n) is 3.00. The van der Waals surface area contributed by atoms with E-state index in [1.165, 1.54) is 5.57 Å². The monoisotopic (exact) mass is 340 g/mol. The summed E-state index contributed by atoms with van der Waals surface area (Å²) in [6.45, 7) is 2.29. The number of rotatable bonds is 5. The maximum Gasteiger partial charge on any atom is 0.350 e. The maximum atomic E-state index is 10.9.